The third-order valence-corrected chi connectivity index (χ3v) is 3.82. The molecule has 2 aromatic carbocycles. The van der Waals surface area contributed by atoms with Crippen LogP contribution in [0.25, 0.3) is 0 Å². The molecule has 0 atom stereocenters. The topological polar surface area (TPSA) is 49.8 Å². The third kappa shape index (κ3) is 3.90. The van der Waals surface area contributed by atoms with Gasteiger partial charge in [0.2, 0.25) is 5.95 Å². The molecule has 4 heteroatoms. The molecular weight excluding hydrogens is 296 g/mol. The van der Waals surface area contributed by atoms with Gasteiger partial charge >= 0.3 is 0 Å². The molecule has 0 fully saturated rings. The number of aromatic nitrogens is 2. The minimum absolute atomic E-state index is 0.602. The molecule has 122 valence electrons. The molecule has 0 spiro atoms. The van der Waals surface area contributed by atoms with E-state index in [0.29, 0.717) is 5.95 Å². The van der Waals surface area contributed by atoms with E-state index < -0.39 is 0 Å². The Balaban J connectivity index is 1.84. The average Bonchev–Trinajstić information content (AvgIpc) is 2.57. The van der Waals surface area contributed by atoms with Gasteiger partial charge in [-0.1, -0.05) is 42.8 Å². The first-order valence-corrected chi connectivity index (χ1v) is 8.18. The zero-order valence-electron chi connectivity index (χ0n) is 14.3. The lowest BCUT2D eigenvalue weighted by atomic mass is 10.1. The van der Waals surface area contributed by atoms with Crippen molar-refractivity contribution in [3.8, 4) is 0 Å². The zero-order valence-corrected chi connectivity index (χ0v) is 14.3. The van der Waals surface area contributed by atoms with Crippen LogP contribution in [-0.2, 0) is 6.42 Å². The van der Waals surface area contributed by atoms with Crippen LogP contribution in [0, 0.1) is 13.8 Å². The predicted molar refractivity (Wildman–Crippen MR) is 100 cm³/mol. The number of nitrogens with zero attached hydrogens (tertiary/aromatic N) is 2. The van der Waals surface area contributed by atoms with Gasteiger partial charge < -0.3 is 10.6 Å². The maximum atomic E-state index is 4.59. The number of anilines is 4. The summed E-state index contributed by atoms with van der Waals surface area (Å²) in [5.41, 5.74) is 5.45. The van der Waals surface area contributed by atoms with E-state index in [2.05, 4.69) is 58.7 Å². The van der Waals surface area contributed by atoms with E-state index >= 15 is 0 Å². The first-order valence-electron chi connectivity index (χ1n) is 8.18. The molecule has 1 heterocycles. The van der Waals surface area contributed by atoms with Crippen LogP contribution in [0.15, 0.2) is 54.6 Å². The van der Waals surface area contributed by atoms with Crippen LogP contribution >= 0.6 is 0 Å². The van der Waals surface area contributed by atoms with E-state index in [1.807, 2.05) is 37.3 Å². The van der Waals surface area contributed by atoms with Crippen molar-refractivity contribution in [2.24, 2.45) is 0 Å². The molecule has 0 bridgehead atoms. The minimum atomic E-state index is 0.602. The molecule has 3 rings (SSSR count). The lowest BCUT2D eigenvalue weighted by Gasteiger charge is -2.12. The van der Waals surface area contributed by atoms with Crippen molar-refractivity contribution in [1.29, 1.82) is 0 Å². The SMILES string of the molecule is CCc1ccccc1Nc1nc(C)cc(Nc2ccc(C)cc2)n1. The molecule has 2 N–H and O–H groups in total. The number of hydrogen-bond donors (Lipinski definition) is 2. The Bertz CT molecular complexity index is 825. The van der Waals surface area contributed by atoms with Crippen LogP contribution in [-0.4, -0.2) is 9.97 Å². The number of benzene rings is 2. The van der Waals surface area contributed by atoms with Crippen molar-refractivity contribution < 1.29 is 0 Å². The number of para-hydroxylation sites is 1. The molecule has 0 amide bonds. The number of rotatable bonds is 5. The molecular formula is C20H22N4. The van der Waals surface area contributed by atoms with Gasteiger partial charge in [-0.15, -0.1) is 0 Å². The summed E-state index contributed by atoms with van der Waals surface area (Å²) >= 11 is 0. The summed E-state index contributed by atoms with van der Waals surface area (Å²) in [6, 6.07) is 18.4. The zero-order chi connectivity index (χ0) is 16.9. The highest BCUT2D eigenvalue weighted by atomic mass is 15.1. The highest BCUT2D eigenvalue weighted by Gasteiger charge is 2.06. The second-order valence-corrected chi connectivity index (χ2v) is 5.84. The molecule has 24 heavy (non-hydrogen) atoms. The maximum Gasteiger partial charge on any atom is 0.229 e. The lowest BCUT2D eigenvalue weighted by molar-refractivity contribution is 1.09. The van der Waals surface area contributed by atoms with Gasteiger partial charge in [0, 0.05) is 23.1 Å². The first-order chi connectivity index (χ1) is 11.6. The Morgan fingerprint density at radius 3 is 2.38 bits per heavy atom. The standard InChI is InChI=1S/C20H22N4/c1-4-16-7-5-6-8-18(16)23-20-21-15(3)13-19(24-20)22-17-11-9-14(2)10-12-17/h5-13H,4H2,1-3H3,(H2,21,22,23,24). The summed E-state index contributed by atoms with van der Waals surface area (Å²) in [5, 5.41) is 6.67. The summed E-state index contributed by atoms with van der Waals surface area (Å²) in [5.74, 6) is 1.38. The minimum Gasteiger partial charge on any atom is -0.340 e. The average molecular weight is 318 g/mol. The van der Waals surface area contributed by atoms with E-state index in [0.717, 1.165) is 29.3 Å². The molecule has 4 nitrogen and oxygen atoms in total. The van der Waals surface area contributed by atoms with Gasteiger partial charge in [-0.25, -0.2) is 4.98 Å². The fourth-order valence-corrected chi connectivity index (χ4v) is 2.54. The Hall–Kier alpha value is -2.88. The summed E-state index contributed by atoms with van der Waals surface area (Å²) < 4.78 is 0. The van der Waals surface area contributed by atoms with Gasteiger partial charge in [0.1, 0.15) is 5.82 Å². The second kappa shape index (κ2) is 7.13. The fraction of sp³-hybridized carbons (Fsp3) is 0.200. The summed E-state index contributed by atoms with van der Waals surface area (Å²) in [4.78, 5) is 9.09. The van der Waals surface area contributed by atoms with Crippen LogP contribution in [0.3, 0.4) is 0 Å². The van der Waals surface area contributed by atoms with E-state index in [1.165, 1.54) is 11.1 Å². The van der Waals surface area contributed by atoms with Crippen LogP contribution in [0.1, 0.15) is 23.7 Å². The number of nitrogens with one attached hydrogen (secondary N) is 2. The molecule has 0 saturated heterocycles. The summed E-state index contributed by atoms with van der Waals surface area (Å²) in [7, 11) is 0. The smallest absolute Gasteiger partial charge is 0.229 e. The molecule has 0 unspecified atom stereocenters. The van der Waals surface area contributed by atoms with E-state index in [9.17, 15) is 0 Å². The predicted octanol–water partition coefficient (Wildman–Crippen LogP) is 5.14. The van der Waals surface area contributed by atoms with Crippen molar-refractivity contribution in [1.82, 2.24) is 9.97 Å². The molecule has 0 radical (unpaired) electrons. The van der Waals surface area contributed by atoms with Gasteiger partial charge in [0.05, 0.1) is 0 Å². The Labute approximate surface area is 143 Å². The van der Waals surface area contributed by atoms with Crippen LogP contribution in [0.2, 0.25) is 0 Å². The summed E-state index contributed by atoms with van der Waals surface area (Å²) in [6.07, 6.45) is 0.962. The highest BCUT2D eigenvalue weighted by Crippen LogP contribution is 2.22. The Morgan fingerprint density at radius 2 is 1.62 bits per heavy atom. The normalized spacial score (nSPS) is 10.5. The first kappa shape index (κ1) is 16.0. The van der Waals surface area contributed by atoms with Gasteiger partial charge in [-0.2, -0.15) is 4.98 Å². The third-order valence-electron chi connectivity index (χ3n) is 3.82. The Kier molecular flexibility index (Phi) is 4.75. The van der Waals surface area contributed by atoms with Gasteiger partial charge in [0.15, 0.2) is 0 Å². The fourth-order valence-electron chi connectivity index (χ4n) is 2.54. The van der Waals surface area contributed by atoms with Crippen LogP contribution in [0.5, 0.6) is 0 Å². The molecule has 0 aliphatic carbocycles. The highest BCUT2D eigenvalue weighted by molar-refractivity contribution is 5.62. The van der Waals surface area contributed by atoms with Crippen molar-refractivity contribution in [2.75, 3.05) is 10.6 Å². The quantitative estimate of drug-likeness (QED) is 0.683. The summed E-state index contributed by atoms with van der Waals surface area (Å²) in [6.45, 7) is 6.19. The Morgan fingerprint density at radius 1 is 0.875 bits per heavy atom. The number of hydrogen-bond acceptors (Lipinski definition) is 4. The molecule has 3 aromatic rings. The van der Waals surface area contributed by atoms with Crippen LogP contribution < -0.4 is 10.6 Å². The maximum absolute atomic E-state index is 4.59. The van der Waals surface area contributed by atoms with Crippen LogP contribution in [0.4, 0.5) is 23.1 Å². The van der Waals surface area contributed by atoms with Crippen molar-refractivity contribution >= 4 is 23.1 Å². The molecule has 0 aliphatic rings. The molecule has 1 aromatic heterocycles. The van der Waals surface area contributed by atoms with E-state index in [1.54, 1.807) is 0 Å². The van der Waals surface area contributed by atoms with Gasteiger partial charge in [0.25, 0.3) is 0 Å². The van der Waals surface area contributed by atoms with Crippen molar-refractivity contribution in [2.45, 2.75) is 27.2 Å². The number of aryl methyl sites for hydroxylation is 3. The van der Waals surface area contributed by atoms with Crippen molar-refractivity contribution in [3.63, 3.8) is 0 Å². The van der Waals surface area contributed by atoms with E-state index in [-0.39, 0.29) is 0 Å². The van der Waals surface area contributed by atoms with E-state index in [4.69, 9.17) is 0 Å². The second-order valence-electron chi connectivity index (χ2n) is 5.84. The monoisotopic (exact) mass is 318 g/mol. The lowest BCUT2D eigenvalue weighted by Crippen LogP contribution is -2.03. The van der Waals surface area contributed by atoms with Gasteiger partial charge in [-0.3, -0.25) is 0 Å². The molecule has 0 aliphatic heterocycles. The molecule has 0 saturated carbocycles. The largest absolute Gasteiger partial charge is 0.340 e. The van der Waals surface area contributed by atoms with Crippen molar-refractivity contribution in [3.05, 3.63) is 71.4 Å². The van der Waals surface area contributed by atoms with Gasteiger partial charge in [-0.05, 0) is 44.0 Å².